The van der Waals surface area contributed by atoms with Crippen LogP contribution in [0.3, 0.4) is 0 Å². The molecule has 4 nitrogen and oxygen atoms in total. The van der Waals surface area contributed by atoms with Crippen molar-refractivity contribution in [1.82, 2.24) is 5.32 Å². The largest absolute Gasteiger partial charge is 0.494 e. The highest BCUT2D eigenvalue weighted by molar-refractivity contribution is 9.10. The quantitative estimate of drug-likeness (QED) is 0.711. The molecule has 1 amide bonds. The first-order valence-corrected chi connectivity index (χ1v) is 8.89. The lowest BCUT2D eigenvalue weighted by atomic mass is 10.1. The van der Waals surface area contributed by atoms with Gasteiger partial charge in [-0.3, -0.25) is 4.79 Å². The Morgan fingerprint density at radius 3 is 2.52 bits per heavy atom. The molecule has 6 heteroatoms. The Labute approximate surface area is 155 Å². The number of ether oxygens (including phenoxy) is 1. The van der Waals surface area contributed by atoms with E-state index in [9.17, 15) is 9.18 Å². The monoisotopic (exact) mass is 408 g/mol. The molecular weight excluding hydrogens is 387 g/mol. The number of carbonyl (C=O) groups excluding carboxylic acids is 1. The molecule has 2 aromatic carbocycles. The van der Waals surface area contributed by atoms with Crippen LogP contribution in [0.25, 0.3) is 0 Å². The van der Waals surface area contributed by atoms with E-state index < -0.39 is 5.82 Å². The Bertz CT molecular complexity index is 735. The van der Waals surface area contributed by atoms with E-state index in [4.69, 9.17) is 4.74 Å². The van der Waals surface area contributed by atoms with Crippen LogP contribution in [0.1, 0.15) is 31.0 Å². The van der Waals surface area contributed by atoms with Crippen molar-refractivity contribution in [3.63, 3.8) is 0 Å². The molecule has 0 spiro atoms. The third kappa shape index (κ3) is 4.95. The molecule has 0 saturated heterocycles. The molecule has 0 aromatic heterocycles. The summed E-state index contributed by atoms with van der Waals surface area (Å²) >= 11 is 3.13. The first-order valence-electron chi connectivity index (χ1n) is 8.10. The predicted octanol–water partition coefficient (Wildman–Crippen LogP) is 4.45. The van der Waals surface area contributed by atoms with Crippen molar-refractivity contribution in [1.29, 1.82) is 0 Å². The summed E-state index contributed by atoms with van der Waals surface area (Å²) in [7, 11) is 1.45. The fourth-order valence-corrected chi connectivity index (χ4v) is 2.78. The Balaban J connectivity index is 1.97. The average Bonchev–Trinajstić information content (AvgIpc) is 2.62. The highest BCUT2D eigenvalue weighted by atomic mass is 79.9. The highest BCUT2D eigenvalue weighted by Gasteiger charge is 2.15. The van der Waals surface area contributed by atoms with E-state index in [-0.39, 0.29) is 24.2 Å². The molecule has 134 valence electrons. The van der Waals surface area contributed by atoms with Crippen LogP contribution in [0.15, 0.2) is 40.9 Å². The van der Waals surface area contributed by atoms with E-state index in [2.05, 4.69) is 45.6 Å². The van der Waals surface area contributed by atoms with Crippen molar-refractivity contribution in [3.05, 3.63) is 57.8 Å². The zero-order valence-corrected chi connectivity index (χ0v) is 16.1. The maximum Gasteiger partial charge on any atom is 0.239 e. The fraction of sp³-hybridized carbons (Fsp3) is 0.316. The van der Waals surface area contributed by atoms with Gasteiger partial charge in [-0.2, -0.15) is 0 Å². The molecule has 0 saturated carbocycles. The number of rotatable bonds is 7. The van der Waals surface area contributed by atoms with Crippen molar-refractivity contribution in [2.75, 3.05) is 19.0 Å². The predicted molar refractivity (Wildman–Crippen MR) is 102 cm³/mol. The van der Waals surface area contributed by atoms with Gasteiger partial charge in [0.15, 0.2) is 5.82 Å². The number of halogens is 2. The Hall–Kier alpha value is -2.08. The van der Waals surface area contributed by atoms with Crippen molar-refractivity contribution in [3.8, 4) is 5.75 Å². The third-order valence-corrected chi connectivity index (χ3v) is 4.58. The zero-order valence-electron chi connectivity index (χ0n) is 14.5. The lowest BCUT2D eigenvalue weighted by Crippen LogP contribution is -2.32. The first-order chi connectivity index (χ1) is 12.0. The summed E-state index contributed by atoms with van der Waals surface area (Å²) in [6.45, 7) is 3.96. The SMILES string of the molecule is CCc1ccc(C(C)NC(=O)CNc2c(OC)ccc(Br)c2F)cc1. The second-order valence-corrected chi connectivity index (χ2v) is 6.53. The average molecular weight is 409 g/mol. The molecule has 0 aliphatic heterocycles. The summed E-state index contributed by atoms with van der Waals surface area (Å²) < 4.78 is 19.6. The van der Waals surface area contributed by atoms with Crippen LogP contribution in [0.2, 0.25) is 0 Å². The summed E-state index contributed by atoms with van der Waals surface area (Å²) in [6.07, 6.45) is 0.977. The van der Waals surface area contributed by atoms with Crippen LogP contribution in [-0.2, 0) is 11.2 Å². The number of carbonyl (C=O) groups is 1. The van der Waals surface area contributed by atoms with E-state index in [1.54, 1.807) is 12.1 Å². The van der Waals surface area contributed by atoms with Gasteiger partial charge in [-0.25, -0.2) is 4.39 Å². The van der Waals surface area contributed by atoms with Gasteiger partial charge in [-0.05, 0) is 52.5 Å². The van der Waals surface area contributed by atoms with Gasteiger partial charge in [0, 0.05) is 0 Å². The van der Waals surface area contributed by atoms with Gasteiger partial charge in [-0.1, -0.05) is 31.2 Å². The van der Waals surface area contributed by atoms with Gasteiger partial charge >= 0.3 is 0 Å². The summed E-state index contributed by atoms with van der Waals surface area (Å²) in [5.74, 6) is -0.374. The van der Waals surface area contributed by atoms with Crippen LogP contribution in [-0.4, -0.2) is 19.6 Å². The maximum atomic E-state index is 14.2. The van der Waals surface area contributed by atoms with Crippen LogP contribution in [0, 0.1) is 5.82 Å². The standard InChI is InChI=1S/C19H22BrFN2O2/c1-4-13-5-7-14(8-6-13)12(2)23-17(24)11-22-19-16(25-3)10-9-15(20)18(19)21/h5-10,12,22H,4,11H2,1-3H3,(H,23,24). The second-order valence-electron chi connectivity index (χ2n) is 5.68. The zero-order chi connectivity index (χ0) is 18.4. The normalized spacial score (nSPS) is 11.7. The molecular formula is C19H22BrFN2O2. The Kier molecular flexibility index (Phi) is 6.82. The molecule has 1 unspecified atom stereocenters. The van der Waals surface area contributed by atoms with Gasteiger partial charge in [-0.15, -0.1) is 0 Å². The number of nitrogens with one attached hydrogen (secondary N) is 2. The number of hydrogen-bond acceptors (Lipinski definition) is 3. The van der Waals surface area contributed by atoms with Gasteiger partial charge in [0.05, 0.1) is 24.2 Å². The van der Waals surface area contributed by atoms with E-state index in [0.717, 1.165) is 12.0 Å². The topological polar surface area (TPSA) is 50.4 Å². The van der Waals surface area contributed by atoms with Crippen LogP contribution in [0.5, 0.6) is 5.75 Å². The smallest absolute Gasteiger partial charge is 0.239 e. The van der Waals surface area contributed by atoms with E-state index >= 15 is 0 Å². The molecule has 0 heterocycles. The minimum Gasteiger partial charge on any atom is -0.494 e. The molecule has 2 rings (SSSR count). The third-order valence-electron chi connectivity index (χ3n) is 3.97. The van der Waals surface area contributed by atoms with Gasteiger partial charge in [0.2, 0.25) is 5.91 Å². The molecule has 25 heavy (non-hydrogen) atoms. The molecule has 0 bridgehead atoms. The van der Waals surface area contributed by atoms with Gasteiger partial charge in [0.25, 0.3) is 0 Å². The highest BCUT2D eigenvalue weighted by Crippen LogP contribution is 2.32. The molecule has 2 aromatic rings. The fourth-order valence-electron chi connectivity index (χ4n) is 2.45. The summed E-state index contributed by atoms with van der Waals surface area (Å²) in [5.41, 5.74) is 2.44. The van der Waals surface area contributed by atoms with Gasteiger partial charge in [0.1, 0.15) is 11.4 Å². The lowest BCUT2D eigenvalue weighted by Gasteiger charge is -2.17. The Morgan fingerprint density at radius 2 is 1.92 bits per heavy atom. The van der Waals surface area contributed by atoms with Crippen molar-refractivity contribution in [2.45, 2.75) is 26.3 Å². The van der Waals surface area contributed by atoms with Gasteiger partial charge < -0.3 is 15.4 Å². The molecule has 0 aliphatic rings. The molecule has 0 aliphatic carbocycles. The van der Waals surface area contributed by atoms with Crippen molar-refractivity contribution < 1.29 is 13.9 Å². The first kappa shape index (κ1) is 19.2. The number of aryl methyl sites for hydroxylation is 1. The molecule has 0 fully saturated rings. The minimum absolute atomic E-state index is 0.0544. The number of amides is 1. The van der Waals surface area contributed by atoms with Crippen molar-refractivity contribution >= 4 is 27.5 Å². The van der Waals surface area contributed by atoms with E-state index in [1.165, 1.54) is 12.7 Å². The summed E-state index contributed by atoms with van der Waals surface area (Å²) in [6, 6.07) is 11.2. The van der Waals surface area contributed by atoms with E-state index in [0.29, 0.717) is 10.2 Å². The second kappa shape index (κ2) is 8.85. The molecule has 0 radical (unpaired) electrons. The number of hydrogen-bond donors (Lipinski definition) is 2. The number of methoxy groups -OCH3 is 1. The van der Waals surface area contributed by atoms with Crippen LogP contribution in [0.4, 0.5) is 10.1 Å². The number of anilines is 1. The molecule has 1 atom stereocenters. The number of benzene rings is 2. The van der Waals surface area contributed by atoms with Crippen LogP contribution >= 0.6 is 15.9 Å². The summed E-state index contributed by atoms with van der Waals surface area (Å²) in [5, 5.41) is 5.71. The lowest BCUT2D eigenvalue weighted by molar-refractivity contribution is -0.120. The maximum absolute atomic E-state index is 14.2. The Morgan fingerprint density at radius 1 is 1.24 bits per heavy atom. The minimum atomic E-state index is -0.490. The van der Waals surface area contributed by atoms with E-state index in [1.807, 2.05) is 19.1 Å². The molecule has 2 N–H and O–H groups in total. The van der Waals surface area contributed by atoms with Crippen LogP contribution < -0.4 is 15.4 Å². The van der Waals surface area contributed by atoms with Crippen molar-refractivity contribution in [2.24, 2.45) is 0 Å². The summed E-state index contributed by atoms with van der Waals surface area (Å²) in [4.78, 5) is 12.2.